The molecule has 0 aliphatic carbocycles. The second-order valence-corrected chi connectivity index (χ2v) is 35.7. The van der Waals surface area contributed by atoms with Gasteiger partial charge in [-0.2, -0.15) is 0 Å². The quantitative estimate of drug-likeness (QED) is 0.0748. The maximum absolute atomic E-state index is 2.34. The minimum absolute atomic E-state index is 1.13. The van der Waals surface area contributed by atoms with Gasteiger partial charge in [0.1, 0.15) is 0 Å². The van der Waals surface area contributed by atoms with Crippen molar-refractivity contribution in [3.63, 3.8) is 0 Å². The van der Waals surface area contributed by atoms with Crippen LogP contribution in [-0.4, -0.2) is 0 Å². The highest BCUT2D eigenvalue weighted by atomic mass is 15.2. The Bertz CT molecular complexity index is 8080. The van der Waals surface area contributed by atoms with Gasteiger partial charge in [0.05, 0.1) is 0 Å². The minimum atomic E-state index is 1.13. The molecule has 0 fully saturated rings. The maximum Gasteiger partial charge on any atom is 0.0462 e. The van der Waals surface area contributed by atoms with E-state index in [-0.39, 0.29) is 0 Å². The molecule has 0 radical (unpaired) electrons. The molecule has 25 aromatic rings. The number of benzene rings is 25. The van der Waals surface area contributed by atoms with Crippen molar-refractivity contribution < 1.29 is 0 Å². The third kappa shape index (κ3) is 17.0. The van der Waals surface area contributed by atoms with Gasteiger partial charge in [-0.3, -0.25) is 0 Å². The zero-order chi connectivity index (χ0) is 91.6. The van der Waals surface area contributed by atoms with E-state index in [1.807, 2.05) is 0 Å². The van der Waals surface area contributed by atoms with Crippen LogP contribution in [0, 0.1) is 0 Å². The van der Waals surface area contributed by atoms with Crippen molar-refractivity contribution in [2.75, 3.05) is 19.6 Å². The van der Waals surface area contributed by atoms with Crippen molar-refractivity contribution in [1.82, 2.24) is 0 Å². The molecule has 0 bridgehead atoms. The summed E-state index contributed by atoms with van der Waals surface area (Å²) in [6.07, 6.45) is 0. The van der Waals surface area contributed by atoms with E-state index in [2.05, 4.69) is 578 Å². The van der Waals surface area contributed by atoms with Gasteiger partial charge < -0.3 is 19.6 Å². The monoisotopic (exact) mass is 1760 g/mol. The first kappa shape index (κ1) is 82.9. The first-order valence-corrected chi connectivity index (χ1v) is 47.3. The molecule has 0 spiro atoms. The maximum atomic E-state index is 2.34. The van der Waals surface area contributed by atoms with Crippen LogP contribution in [-0.2, 0) is 0 Å². The summed E-state index contributed by atoms with van der Waals surface area (Å²) in [4.78, 5) is 9.19. The molecule has 0 unspecified atom stereocenters. The number of nitrogens with zero attached hydrogens (tertiary/aromatic N) is 4. The fourth-order valence-corrected chi connectivity index (χ4v) is 19.9. The number of hydrogen-bond acceptors (Lipinski definition) is 4. The summed E-state index contributed by atoms with van der Waals surface area (Å²) in [7, 11) is 0. The van der Waals surface area contributed by atoms with Crippen LogP contribution in [0.2, 0.25) is 0 Å². The summed E-state index contributed by atoms with van der Waals surface area (Å²) in [5.41, 5.74) is 30.5. The lowest BCUT2D eigenvalue weighted by Gasteiger charge is -2.25. The van der Waals surface area contributed by atoms with Gasteiger partial charge in [-0.15, -0.1) is 0 Å². The van der Waals surface area contributed by atoms with E-state index in [0.29, 0.717) is 0 Å². The summed E-state index contributed by atoms with van der Waals surface area (Å²) in [6.45, 7) is 0. The predicted octanol–water partition coefficient (Wildman–Crippen LogP) is 38.1. The van der Waals surface area contributed by atoms with Crippen LogP contribution in [0.3, 0.4) is 0 Å². The largest absolute Gasteiger partial charge is 0.311 e. The van der Waals surface area contributed by atoms with Crippen LogP contribution < -0.4 is 19.6 Å². The third-order valence-electron chi connectivity index (χ3n) is 27.0. The van der Waals surface area contributed by atoms with Gasteiger partial charge in [0.25, 0.3) is 0 Å². The smallest absolute Gasteiger partial charge is 0.0462 e. The zero-order valence-electron chi connectivity index (χ0n) is 75.9. The molecule has 4 nitrogen and oxygen atoms in total. The summed E-state index contributed by atoms with van der Waals surface area (Å²) in [5, 5.41) is 19.8. The van der Waals surface area contributed by atoms with Crippen molar-refractivity contribution in [3.8, 4) is 77.9 Å². The number of rotatable bonds is 19. The van der Waals surface area contributed by atoms with Gasteiger partial charge >= 0.3 is 0 Å². The topological polar surface area (TPSA) is 13.0 Å². The van der Waals surface area contributed by atoms with Gasteiger partial charge in [-0.25, -0.2) is 0 Å². The first-order chi connectivity index (χ1) is 68.3. The van der Waals surface area contributed by atoms with Crippen LogP contribution in [0.4, 0.5) is 68.2 Å². The first-order valence-electron chi connectivity index (χ1n) is 47.3. The molecule has 4 heteroatoms. The molecule has 0 saturated carbocycles. The van der Waals surface area contributed by atoms with Crippen LogP contribution in [0.25, 0.3) is 164 Å². The van der Waals surface area contributed by atoms with Crippen molar-refractivity contribution in [3.05, 3.63) is 558 Å². The van der Waals surface area contributed by atoms with E-state index in [4.69, 9.17) is 0 Å². The Kier molecular flexibility index (Phi) is 22.1. The van der Waals surface area contributed by atoms with Crippen LogP contribution in [0.1, 0.15) is 0 Å². The molecular weight excluding hydrogens is 1670 g/mol. The Morgan fingerprint density at radius 3 is 0.312 bits per heavy atom. The summed E-state index contributed by atoms with van der Waals surface area (Å²) < 4.78 is 0. The molecule has 0 amide bonds. The Balaban J connectivity index is 0.000000151. The van der Waals surface area contributed by atoms with Gasteiger partial charge in [0.15, 0.2) is 0 Å². The lowest BCUT2D eigenvalue weighted by atomic mass is 9.94. The molecule has 0 aliphatic rings. The Morgan fingerprint density at radius 2 is 0.174 bits per heavy atom. The molecule has 0 heterocycles. The SMILES string of the molecule is c1ccc(N(c2ccccc2)c2ccc(-c3ccc4cc(-c5ccc6cc7cc(-c8ccc9cc(-c%10ccc(N(c%11ccccc%11)c%11ccccc%11)cc%10)ccc9c8)ccc7cc6c5)ccc4c3)cc2)cc1.c1ccc(N(c2ccccc2)c2ccc(-c3ccc4cc5cc(-c6ccc7cc8cc(-c9ccc(N(c%10ccccc%10)c%10ccccc%10)cc9)ccc8cc7c6)ccc5cc4c3)cc2)cc1. The van der Waals surface area contributed by atoms with Crippen LogP contribution in [0.15, 0.2) is 558 Å². The molecule has 0 aliphatic heterocycles. The standard InChI is InChI=1S/C70H48N2.C64H44N2/c1-5-13-65(14-6-1)71(66-15-7-2-8-16-66)69-37-33-49(34-38-69)51-21-23-55-43-57(27-25-53(55)41-51)59-29-31-61-48-64-46-60(30-32-62(64)47-63(61)45-59)58-28-26-54-42-52(22-24-56(54)44-58)50-35-39-70(40-36-50)72(67-17-9-3-10-18-67)68-19-11-4-12-20-68;1-5-13-59(14-6-1)65(60-15-7-2-8-16-60)63-33-29-45(30-34-63)47-21-25-51-43-57-39-49(23-27-53(57)41-55(51)37-47)50-24-28-54-42-56-38-48(22-26-52(56)44-58(54)40-50)46-31-35-64(36-32-46)66(61-17-9-3-10-18-61)62-19-11-4-12-20-62/h1-48H;1-44H. The Hall–Kier alpha value is -18.2. The van der Waals surface area contributed by atoms with Crippen molar-refractivity contribution in [1.29, 1.82) is 0 Å². The second-order valence-electron chi connectivity index (χ2n) is 35.7. The van der Waals surface area contributed by atoms with Crippen molar-refractivity contribution in [2.45, 2.75) is 0 Å². The molecule has 0 saturated heterocycles. The number of anilines is 12. The van der Waals surface area contributed by atoms with E-state index >= 15 is 0 Å². The highest BCUT2D eigenvalue weighted by molar-refractivity contribution is 6.06. The molecule has 25 aromatic carbocycles. The Labute approximate surface area is 804 Å². The minimum Gasteiger partial charge on any atom is -0.311 e. The fraction of sp³-hybridized carbons (Fsp3) is 0. The van der Waals surface area contributed by atoms with Gasteiger partial charge in [0.2, 0.25) is 0 Å². The molecule has 25 rings (SSSR count). The summed E-state index contributed by atoms with van der Waals surface area (Å²) in [6, 6.07) is 203. The molecule has 648 valence electrons. The van der Waals surface area contributed by atoms with Gasteiger partial charge in [-0.05, 0) is 407 Å². The lowest BCUT2D eigenvalue weighted by molar-refractivity contribution is 1.28. The van der Waals surface area contributed by atoms with Crippen molar-refractivity contribution in [2.24, 2.45) is 0 Å². The van der Waals surface area contributed by atoms with Gasteiger partial charge in [-0.1, -0.05) is 315 Å². The summed E-state index contributed by atoms with van der Waals surface area (Å²) >= 11 is 0. The zero-order valence-corrected chi connectivity index (χ0v) is 75.9. The molecular formula is C134H92N4. The average Bonchev–Trinajstić information content (AvgIpc) is 0.757. The van der Waals surface area contributed by atoms with Crippen molar-refractivity contribution >= 4 is 154 Å². The highest BCUT2D eigenvalue weighted by Crippen LogP contribution is 2.45. The molecule has 138 heavy (non-hydrogen) atoms. The second kappa shape index (κ2) is 36.7. The molecule has 0 atom stereocenters. The average molecular weight is 1760 g/mol. The van der Waals surface area contributed by atoms with Crippen LogP contribution >= 0.6 is 0 Å². The fourth-order valence-electron chi connectivity index (χ4n) is 19.9. The van der Waals surface area contributed by atoms with E-state index < -0.39 is 0 Å². The van der Waals surface area contributed by atoms with E-state index in [0.717, 1.165) is 68.2 Å². The normalized spacial score (nSPS) is 11.3. The molecule has 0 N–H and O–H groups in total. The summed E-state index contributed by atoms with van der Waals surface area (Å²) in [5.74, 6) is 0. The number of hydrogen-bond donors (Lipinski definition) is 0. The Morgan fingerprint density at radius 1 is 0.0725 bits per heavy atom. The van der Waals surface area contributed by atoms with E-state index in [1.54, 1.807) is 0 Å². The number of fused-ring (bicyclic) bond motifs is 8. The van der Waals surface area contributed by atoms with E-state index in [1.165, 1.54) is 164 Å². The predicted molar refractivity (Wildman–Crippen MR) is 590 cm³/mol. The molecule has 0 aromatic heterocycles. The lowest BCUT2D eigenvalue weighted by Crippen LogP contribution is -2.09. The van der Waals surface area contributed by atoms with Gasteiger partial charge in [0, 0.05) is 68.2 Å². The third-order valence-corrected chi connectivity index (χ3v) is 27.0. The van der Waals surface area contributed by atoms with Crippen LogP contribution in [0.5, 0.6) is 0 Å². The van der Waals surface area contributed by atoms with E-state index in [9.17, 15) is 0 Å². The highest BCUT2D eigenvalue weighted by Gasteiger charge is 2.20. The number of para-hydroxylation sites is 8.